The summed E-state index contributed by atoms with van der Waals surface area (Å²) in [6.07, 6.45) is 2.00. The number of fused-ring (bicyclic) bond motifs is 1. The lowest BCUT2D eigenvalue weighted by atomic mass is 10.1. The Morgan fingerprint density at radius 1 is 1.10 bits per heavy atom. The summed E-state index contributed by atoms with van der Waals surface area (Å²) in [5, 5.41) is 0. The van der Waals surface area contributed by atoms with Crippen LogP contribution in [0.3, 0.4) is 0 Å². The number of esters is 1. The number of benzene rings is 2. The van der Waals surface area contributed by atoms with Crippen LogP contribution in [0.1, 0.15) is 28.8 Å². The van der Waals surface area contributed by atoms with Crippen LogP contribution < -0.4 is 4.90 Å². The largest absolute Gasteiger partial charge is 0.467 e. The van der Waals surface area contributed by atoms with Gasteiger partial charge in [-0.25, -0.2) is 13.2 Å². The van der Waals surface area contributed by atoms with E-state index in [9.17, 15) is 18.0 Å². The number of hydrogen-bond donors (Lipinski definition) is 0. The number of halogens is 1. The number of sulfonamides is 1. The predicted octanol–water partition coefficient (Wildman–Crippen LogP) is 2.98. The molecule has 0 spiro atoms. The standard InChI is InChI=1S/C21H21BrN2O5S/c1-29-21(26)19-12-14-6-2-3-7-18(14)24(19)20(25)16-13-15(8-9-17(16)22)30(27,28)23-10-4-5-11-23/h2-3,6-9,13,19H,4-5,10-12H2,1H3. The quantitative estimate of drug-likeness (QED) is 0.612. The SMILES string of the molecule is COC(=O)C1Cc2ccccc2N1C(=O)c1cc(S(=O)(=O)N2CCCC2)ccc1Br. The van der Waals surface area contributed by atoms with Crippen molar-refractivity contribution in [3.05, 3.63) is 58.1 Å². The van der Waals surface area contributed by atoms with E-state index in [-0.39, 0.29) is 10.5 Å². The van der Waals surface area contributed by atoms with Gasteiger partial charge in [0.1, 0.15) is 6.04 Å². The molecule has 1 saturated heterocycles. The molecule has 4 rings (SSSR count). The lowest BCUT2D eigenvalue weighted by Crippen LogP contribution is -2.43. The van der Waals surface area contributed by atoms with E-state index in [1.807, 2.05) is 12.1 Å². The van der Waals surface area contributed by atoms with Crippen LogP contribution >= 0.6 is 15.9 Å². The van der Waals surface area contributed by atoms with Gasteiger partial charge in [0, 0.05) is 29.7 Å². The summed E-state index contributed by atoms with van der Waals surface area (Å²) in [5.41, 5.74) is 1.66. The van der Waals surface area contributed by atoms with E-state index in [1.165, 1.54) is 28.4 Å². The third-order valence-corrected chi connectivity index (χ3v) is 8.13. The second-order valence-corrected chi connectivity index (χ2v) is 10.1. The van der Waals surface area contributed by atoms with E-state index in [4.69, 9.17) is 4.74 Å². The molecule has 1 atom stereocenters. The molecule has 2 aromatic rings. The molecule has 158 valence electrons. The normalized spacial score (nSPS) is 19.0. The number of anilines is 1. The zero-order valence-electron chi connectivity index (χ0n) is 16.4. The summed E-state index contributed by atoms with van der Waals surface area (Å²) < 4.78 is 32.7. The van der Waals surface area contributed by atoms with Gasteiger partial charge in [0.2, 0.25) is 10.0 Å². The Balaban J connectivity index is 1.76. The van der Waals surface area contributed by atoms with Crippen molar-refractivity contribution in [3.63, 3.8) is 0 Å². The summed E-state index contributed by atoms with van der Waals surface area (Å²) in [6.45, 7) is 0.956. The highest BCUT2D eigenvalue weighted by Crippen LogP contribution is 2.35. The van der Waals surface area contributed by atoms with Crippen LogP contribution in [0, 0.1) is 0 Å². The maximum Gasteiger partial charge on any atom is 0.329 e. The number of ether oxygens (including phenoxy) is 1. The van der Waals surface area contributed by atoms with Gasteiger partial charge in [0.15, 0.2) is 0 Å². The first-order valence-electron chi connectivity index (χ1n) is 9.63. The number of para-hydroxylation sites is 1. The van der Waals surface area contributed by atoms with Crippen molar-refractivity contribution in [1.82, 2.24) is 4.31 Å². The number of amides is 1. The highest BCUT2D eigenvalue weighted by Gasteiger charge is 2.40. The molecule has 2 aliphatic heterocycles. The molecule has 0 radical (unpaired) electrons. The van der Waals surface area contributed by atoms with E-state index >= 15 is 0 Å². The van der Waals surface area contributed by atoms with E-state index in [0.717, 1.165) is 18.4 Å². The fourth-order valence-electron chi connectivity index (χ4n) is 4.00. The molecule has 9 heteroatoms. The fourth-order valence-corrected chi connectivity index (χ4v) is 5.96. The minimum Gasteiger partial charge on any atom is -0.467 e. The summed E-state index contributed by atoms with van der Waals surface area (Å²) in [5.74, 6) is -0.975. The first-order chi connectivity index (χ1) is 14.3. The molecule has 2 aliphatic rings. The van der Waals surface area contributed by atoms with Gasteiger partial charge in [0.05, 0.1) is 17.6 Å². The summed E-state index contributed by atoms with van der Waals surface area (Å²) in [7, 11) is -2.40. The summed E-state index contributed by atoms with van der Waals surface area (Å²) in [4.78, 5) is 27.4. The lowest BCUT2D eigenvalue weighted by Gasteiger charge is -2.25. The van der Waals surface area contributed by atoms with Gasteiger partial charge >= 0.3 is 5.97 Å². The highest BCUT2D eigenvalue weighted by atomic mass is 79.9. The average molecular weight is 493 g/mol. The molecule has 0 aromatic heterocycles. The maximum absolute atomic E-state index is 13.5. The van der Waals surface area contributed by atoms with Gasteiger partial charge in [-0.3, -0.25) is 9.69 Å². The Kier molecular flexibility index (Phi) is 5.69. The van der Waals surface area contributed by atoms with Gasteiger partial charge in [-0.15, -0.1) is 0 Å². The molecule has 1 amide bonds. The summed E-state index contributed by atoms with van der Waals surface area (Å²) >= 11 is 3.37. The zero-order chi connectivity index (χ0) is 21.5. The second-order valence-electron chi connectivity index (χ2n) is 7.30. The minimum atomic E-state index is -3.68. The van der Waals surface area contributed by atoms with Crippen molar-refractivity contribution < 1.29 is 22.7 Å². The number of carbonyl (C=O) groups is 2. The molecule has 7 nitrogen and oxygen atoms in total. The molecule has 1 fully saturated rings. The zero-order valence-corrected chi connectivity index (χ0v) is 18.8. The van der Waals surface area contributed by atoms with Gasteiger partial charge in [-0.05, 0) is 58.6 Å². The number of carbonyl (C=O) groups excluding carboxylic acids is 2. The van der Waals surface area contributed by atoms with E-state index in [2.05, 4.69) is 15.9 Å². The first-order valence-corrected chi connectivity index (χ1v) is 11.9. The number of hydrogen-bond acceptors (Lipinski definition) is 5. The lowest BCUT2D eigenvalue weighted by molar-refractivity contribution is -0.141. The second kappa shape index (κ2) is 8.13. The predicted molar refractivity (Wildman–Crippen MR) is 115 cm³/mol. The Morgan fingerprint density at radius 2 is 1.80 bits per heavy atom. The van der Waals surface area contributed by atoms with Crippen LogP contribution in [0.5, 0.6) is 0 Å². The molecule has 0 saturated carbocycles. The fraction of sp³-hybridized carbons (Fsp3) is 0.333. The number of nitrogens with zero attached hydrogens (tertiary/aromatic N) is 2. The minimum absolute atomic E-state index is 0.0676. The molecule has 2 heterocycles. The topological polar surface area (TPSA) is 84.0 Å². The Morgan fingerprint density at radius 3 is 2.50 bits per heavy atom. The van der Waals surface area contributed by atoms with Gasteiger partial charge < -0.3 is 4.74 Å². The van der Waals surface area contributed by atoms with Crippen LogP contribution in [0.2, 0.25) is 0 Å². The van der Waals surface area contributed by atoms with Crippen LogP contribution in [0.15, 0.2) is 51.8 Å². The number of methoxy groups -OCH3 is 1. The van der Waals surface area contributed by atoms with Crippen LogP contribution in [-0.4, -0.2) is 50.8 Å². The van der Waals surface area contributed by atoms with Crippen molar-refractivity contribution in [3.8, 4) is 0 Å². The average Bonchev–Trinajstić information content (AvgIpc) is 3.41. The maximum atomic E-state index is 13.5. The molecule has 1 unspecified atom stereocenters. The van der Waals surface area contributed by atoms with E-state index < -0.39 is 27.9 Å². The van der Waals surface area contributed by atoms with Crippen molar-refractivity contribution in [1.29, 1.82) is 0 Å². The number of rotatable bonds is 4. The molecule has 0 aliphatic carbocycles. The van der Waals surface area contributed by atoms with Gasteiger partial charge in [0.25, 0.3) is 5.91 Å². The van der Waals surface area contributed by atoms with Crippen LogP contribution in [0.25, 0.3) is 0 Å². The van der Waals surface area contributed by atoms with Crippen LogP contribution in [-0.2, 0) is 26.0 Å². The monoisotopic (exact) mass is 492 g/mol. The molecule has 2 aromatic carbocycles. The van der Waals surface area contributed by atoms with Crippen LogP contribution in [0.4, 0.5) is 5.69 Å². The van der Waals surface area contributed by atoms with Crippen molar-refractivity contribution >= 4 is 43.5 Å². The molecule has 0 N–H and O–H groups in total. The Bertz CT molecular complexity index is 1110. The Hall–Kier alpha value is -2.23. The van der Waals surface area contributed by atoms with Gasteiger partial charge in [-0.2, -0.15) is 4.31 Å². The molecule has 30 heavy (non-hydrogen) atoms. The molecule has 0 bridgehead atoms. The summed E-state index contributed by atoms with van der Waals surface area (Å²) in [6, 6.07) is 10.9. The Labute approximate surface area is 183 Å². The van der Waals surface area contributed by atoms with Crippen molar-refractivity contribution in [2.45, 2.75) is 30.2 Å². The van der Waals surface area contributed by atoms with Crippen molar-refractivity contribution in [2.24, 2.45) is 0 Å². The third-order valence-electron chi connectivity index (χ3n) is 5.54. The smallest absolute Gasteiger partial charge is 0.329 e. The molecular formula is C21H21BrN2O5S. The van der Waals surface area contributed by atoms with Crippen molar-refractivity contribution in [2.75, 3.05) is 25.1 Å². The molecular weight excluding hydrogens is 472 g/mol. The third kappa shape index (κ3) is 3.55. The van der Waals surface area contributed by atoms with E-state index in [0.29, 0.717) is 29.7 Å². The van der Waals surface area contributed by atoms with Gasteiger partial charge in [-0.1, -0.05) is 18.2 Å². The van der Waals surface area contributed by atoms with E-state index in [1.54, 1.807) is 18.2 Å². The highest BCUT2D eigenvalue weighted by molar-refractivity contribution is 9.10. The first kappa shape index (κ1) is 21.0.